The Balaban J connectivity index is 1.39. The monoisotopic (exact) mass is 561 g/mol. The Morgan fingerprint density at radius 2 is 1.77 bits per heavy atom. The highest BCUT2D eigenvalue weighted by Crippen LogP contribution is 2.35. The Hall–Kier alpha value is -3.88. The van der Waals surface area contributed by atoms with Crippen molar-refractivity contribution in [2.24, 2.45) is 0 Å². The van der Waals surface area contributed by atoms with Crippen molar-refractivity contribution in [2.75, 3.05) is 11.9 Å². The Labute approximate surface area is 234 Å². The third kappa shape index (κ3) is 5.35. The molecule has 0 aliphatic carbocycles. The first-order chi connectivity index (χ1) is 18.6. The molecule has 1 aromatic heterocycles. The number of nitrogens with one attached hydrogen (secondary N) is 1. The van der Waals surface area contributed by atoms with Crippen LogP contribution >= 0.6 is 23.4 Å². The van der Waals surface area contributed by atoms with Gasteiger partial charge in [0.15, 0.2) is 0 Å². The van der Waals surface area contributed by atoms with Crippen LogP contribution in [0, 0.1) is 26.6 Å². The van der Waals surface area contributed by atoms with Crippen molar-refractivity contribution in [1.29, 1.82) is 0 Å². The molecule has 0 radical (unpaired) electrons. The number of anilines is 1. The third-order valence-electron chi connectivity index (χ3n) is 6.61. The van der Waals surface area contributed by atoms with Gasteiger partial charge in [-0.3, -0.25) is 19.3 Å². The summed E-state index contributed by atoms with van der Waals surface area (Å²) in [4.78, 5) is 39.8. The molecule has 39 heavy (non-hydrogen) atoms. The largest absolute Gasteiger partial charge is 0.342 e. The minimum absolute atomic E-state index is 0.194. The van der Waals surface area contributed by atoms with Gasteiger partial charge in [-0.25, -0.2) is 4.39 Å². The Kier molecular flexibility index (Phi) is 7.34. The predicted molar refractivity (Wildman–Crippen MR) is 154 cm³/mol. The first-order valence-electron chi connectivity index (χ1n) is 12.3. The molecule has 0 bridgehead atoms. The highest BCUT2D eigenvalue weighted by atomic mass is 35.5. The predicted octanol–water partition coefficient (Wildman–Crippen LogP) is 7.08. The fraction of sp³-hybridized carbons (Fsp3) is 0.167. The topological polar surface area (TPSA) is 71.4 Å². The van der Waals surface area contributed by atoms with Crippen LogP contribution in [0.4, 0.5) is 14.9 Å². The SMILES string of the molecule is Cc1cc(C)c(NC(=O)CN2C(=O)S/C(=C/c3cn(Cc4c(F)cccc4Cl)c4ccccc34)C2=O)c(C)c1. The highest BCUT2D eigenvalue weighted by Gasteiger charge is 2.36. The first kappa shape index (κ1) is 26.7. The van der Waals surface area contributed by atoms with Crippen molar-refractivity contribution in [2.45, 2.75) is 27.3 Å². The fourth-order valence-corrected chi connectivity index (χ4v) is 5.90. The third-order valence-corrected chi connectivity index (χ3v) is 7.87. The van der Waals surface area contributed by atoms with Crippen LogP contribution in [0.5, 0.6) is 0 Å². The molecule has 4 aromatic rings. The summed E-state index contributed by atoms with van der Waals surface area (Å²) in [7, 11) is 0. The van der Waals surface area contributed by atoms with Gasteiger partial charge in [-0.05, 0) is 67.9 Å². The number of rotatable bonds is 6. The molecule has 1 saturated heterocycles. The second kappa shape index (κ2) is 10.7. The van der Waals surface area contributed by atoms with E-state index in [-0.39, 0.29) is 18.0 Å². The number of nitrogens with zero attached hydrogens (tertiary/aromatic N) is 2. The number of benzene rings is 3. The van der Waals surface area contributed by atoms with Gasteiger partial charge in [-0.2, -0.15) is 0 Å². The minimum atomic E-state index is -0.536. The summed E-state index contributed by atoms with van der Waals surface area (Å²) in [5, 5.41) is 3.48. The molecule has 3 aromatic carbocycles. The van der Waals surface area contributed by atoms with Gasteiger partial charge < -0.3 is 9.88 Å². The highest BCUT2D eigenvalue weighted by molar-refractivity contribution is 8.18. The van der Waals surface area contributed by atoms with Crippen molar-refractivity contribution in [3.05, 3.63) is 104 Å². The Morgan fingerprint density at radius 3 is 2.49 bits per heavy atom. The molecule has 6 nitrogen and oxygen atoms in total. The average Bonchev–Trinajstić information content (AvgIpc) is 3.35. The van der Waals surface area contributed by atoms with E-state index in [0.29, 0.717) is 21.8 Å². The lowest BCUT2D eigenvalue weighted by Gasteiger charge is -2.15. The standard InChI is InChI=1S/C30H25ClFN3O3S/c1-17-11-18(2)28(19(3)12-17)33-27(36)16-35-29(37)26(39-30(35)38)13-20-14-34(25-10-5-4-7-21(20)25)15-22-23(31)8-6-9-24(22)32/h4-14H,15-16H2,1-3H3,(H,33,36)/b26-13+. The molecule has 1 N–H and O–H groups in total. The summed E-state index contributed by atoms with van der Waals surface area (Å²) >= 11 is 7.04. The van der Waals surface area contributed by atoms with Gasteiger partial charge in [0.05, 0.1) is 11.4 Å². The number of carbonyl (C=O) groups excluding carboxylic acids is 3. The summed E-state index contributed by atoms with van der Waals surface area (Å²) in [5.74, 6) is -1.39. The van der Waals surface area contributed by atoms with Crippen LogP contribution in [-0.2, 0) is 16.1 Å². The van der Waals surface area contributed by atoms with Crippen molar-refractivity contribution < 1.29 is 18.8 Å². The zero-order valence-electron chi connectivity index (χ0n) is 21.5. The molecule has 0 atom stereocenters. The van der Waals surface area contributed by atoms with Crippen LogP contribution in [0.3, 0.4) is 0 Å². The van der Waals surface area contributed by atoms with Crippen molar-refractivity contribution in [3.63, 3.8) is 0 Å². The molecule has 1 aliphatic heterocycles. The van der Waals surface area contributed by atoms with Gasteiger partial charge >= 0.3 is 0 Å². The zero-order chi connectivity index (χ0) is 27.8. The number of carbonyl (C=O) groups is 3. The number of fused-ring (bicyclic) bond motifs is 1. The molecule has 1 aliphatic rings. The molecule has 5 rings (SSSR count). The lowest BCUT2D eigenvalue weighted by molar-refractivity contribution is -0.127. The van der Waals surface area contributed by atoms with Gasteiger partial charge in [0.1, 0.15) is 12.4 Å². The zero-order valence-corrected chi connectivity index (χ0v) is 23.1. The van der Waals surface area contributed by atoms with E-state index in [0.717, 1.165) is 44.3 Å². The molecule has 9 heteroatoms. The molecule has 3 amide bonds. The molecule has 0 unspecified atom stereocenters. The minimum Gasteiger partial charge on any atom is -0.342 e. The van der Waals surface area contributed by atoms with Crippen molar-refractivity contribution in [3.8, 4) is 0 Å². The Morgan fingerprint density at radius 1 is 1.05 bits per heavy atom. The quantitative estimate of drug-likeness (QED) is 0.255. The summed E-state index contributed by atoms with van der Waals surface area (Å²) in [6, 6.07) is 16.0. The fourth-order valence-electron chi connectivity index (χ4n) is 4.85. The van der Waals surface area contributed by atoms with E-state index in [9.17, 15) is 18.8 Å². The van der Waals surface area contributed by atoms with Crippen LogP contribution in [0.25, 0.3) is 17.0 Å². The maximum Gasteiger partial charge on any atom is 0.294 e. The second-order valence-corrected chi connectivity index (χ2v) is 10.9. The van der Waals surface area contributed by atoms with Crippen molar-refractivity contribution in [1.82, 2.24) is 9.47 Å². The number of amides is 3. The Bertz CT molecular complexity index is 1650. The van der Waals surface area contributed by atoms with Gasteiger partial charge in [0, 0.05) is 38.9 Å². The average molecular weight is 562 g/mol. The second-order valence-electron chi connectivity index (χ2n) is 9.52. The van der Waals surface area contributed by atoms with E-state index in [4.69, 9.17) is 11.6 Å². The summed E-state index contributed by atoms with van der Waals surface area (Å²) in [5.41, 5.74) is 5.44. The number of hydrogen-bond donors (Lipinski definition) is 1. The van der Waals surface area contributed by atoms with Crippen LogP contribution < -0.4 is 5.32 Å². The molecular weight excluding hydrogens is 537 g/mol. The molecule has 0 spiro atoms. The van der Waals surface area contributed by atoms with Gasteiger partial charge in [0.2, 0.25) is 5.91 Å². The molecule has 198 valence electrons. The lowest BCUT2D eigenvalue weighted by atomic mass is 10.1. The summed E-state index contributed by atoms with van der Waals surface area (Å²) in [6.07, 6.45) is 3.44. The molecule has 2 heterocycles. The normalized spacial score (nSPS) is 14.6. The van der Waals surface area contributed by atoms with Gasteiger partial charge in [-0.15, -0.1) is 0 Å². The maximum atomic E-state index is 14.5. The molecule has 1 fully saturated rings. The molecule has 0 saturated carbocycles. The number of halogens is 2. The maximum absolute atomic E-state index is 14.5. The number of thioether (sulfide) groups is 1. The number of para-hydroxylation sites is 1. The van der Waals surface area contributed by atoms with Gasteiger partial charge in [0.25, 0.3) is 11.1 Å². The molecular formula is C30H25ClFN3O3S. The number of imide groups is 1. The van der Waals surface area contributed by atoms with E-state index in [2.05, 4.69) is 5.32 Å². The van der Waals surface area contributed by atoms with E-state index in [1.807, 2.05) is 61.7 Å². The lowest BCUT2D eigenvalue weighted by Crippen LogP contribution is -2.36. The van der Waals surface area contributed by atoms with Crippen LogP contribution in [-0.4, -0.2) is 33.1 Å². The smallest absolute Gasteiger partial charge is 0.294 e. The van der Waals surface area contributed by atoms with Crippen LogP contribution in [0.15, 0.2) is 65.7 Å². The van der Waals surface area contributed by atoms with Crippen LogP contribution in [0.2, 0.25) is 5.02 Å². The van der Waals surface area contributed by atoms with Crippen molar-refractivity contribution >= 4 is 63.1 Å². The number of aromatic nitrogens is 1. The van der Waals surface area contributed by atoms with E-state index < -0.39 is 22.9 Å². The van der Waals surface area contributed by atoms with Crippen LogP contribution in [0.1, 0.15) is 27.8 Å². The summed E-state index contributed by atoms with van der Waals surface area (Å²) < 4.78 is 16.3. The van der Waals surface area contributed by atoms with E-state index in [1.54, 1.807) is 24.4 Å². The van der Waals surface area contributed by atoms with Gasteiger partial charge in [-0.1, -0.05) is 53.6 Å². The number of hydrogen-bond acceptors (Lipinski definition) is 4. The number of aryl methyl sites for hydroxylation is 3. The summed E-state index contributed by atoms with van der Waals surface area (Å²) in [6.45, 7) is 5.58. The first-order valence-corrected chi connectivity index (χ1v) is 13.5. The van der Waals surface area contributed by atoms with E-state index in [1.165, 1.54) is 6.07 Å². The van der Waals surface area contributed by atoms with E-state index >= 15 is 0 Å².